The molecule has 2 aromatic carbocycles. The lowest BCUT2D eigenvalue weighted by atomic mass is 9.85. The zero-order chi connectivity index (χ0) is 20.9. The Hall–Kier alpha value is -3.35. The first-order chi connectivity index (χ1) is 13.1. The number of urea groups is 1. The molecule has 0 fully saturated rings. The smallest absolute Gasteiger partial charge is 0.319 e. The van der Waals surface area contributed by atoms with Gasteiger partial charge in [0.05, 0.1) is 5.41 Å². The van der Waals surface area contributed by atoms with Crippen LogP contribution in [0.2, 0.25) is 0 Å². The van der Waals surface area contributed by atoms with Gasteiger partial charge in [-0.3, -0.25) is 9.59 Å². The average Bonchev–Trinajstić information content (AvgIpc) is 2.61. The molecule has 0 heterocycles. The Morgan fingerprint density at radius 3 is 2.14 bits per heavy atom. The van der Waals surface area contributed by atoms with E-state index >= 15 is 0 Å². The number of hydrogen-bond acceptors (Lipinski definition) is 3. The van der Waals surface area contributed by atoms with Crippen LogP contribution in [-0.2, 0) is 10.2 Å². The molecule has 0 saturated heterocycles. The first-order valence-electron chi connectivity index (χ1n) is 8.92. The molecule has 0 aliphatic heterocycles. The molecule has 0 bridgehead atoms. The van der Waals surface area contributed by atoms with Gasteiger partial charge in [0.1, 0.15) is 0 Å². The summed E-state index contributed by atoms with van der Waals surface area (Å²) in [6.45, 7) is 6.95. The van der Waals surface area contributed by atoms with Gasteiger partial charge in [-0.05, 0) is 63.6 Å². The van der Waals surface area contributed by atoms with Gasteiger partial charge >= 0.3 is 12.0 Å². The van der Waals surface area contributed by atoms with Crippen LogP contribution >= 0.6 is 0 Å². The van der Waals surface area contributed by atoms with Crippen molar-refractivity contribution < 1.29 is 19.5 Å². The largest absolute Gasteiger partial charge is 0.481 e. The maximum Gasteiger partial charge on any atom is 0.319 e. The Kier molecular flexibility index (Phi) is 6.41. The summed E-state index contributed by atoms with van der Waals surface area (Å²) in [6.07, 6.45) is 0. The third-order valence-corrected chi connectivity index (χ3v) is 4.20. The van der Waals surface area contributed by atoms with Crippen molar-refractivity contribution in [1.29, 1.82) is 0 Å². The van der Waals surface area contributed by atoms with Crippen molar-refractivity contribution in [3.8, 4) is 0 Å². The second kappa shape index (κ2) is 8.56. The van der Waals surface area contributed by atoms with Gasteiger partial charge in [-0.25, -0.2) is 4.79 Å². The zero-order valence-corrected chi connectivity index (χ0v) is 16.4. The molecular weight excluding hydrogens is 358 g/mol. The third kappa shape index (κ3) is 5.33. The van der Waals surface area contributed by atoms with Crippen LogP contribution in [0.15, 0.2) is 48.5 Å². The number of anilines is 2. The molecule has 3 amide bonds. The quantitative estimate of drug-likeness (QED) is 0.608. The predicted octanol–water partition coefficient (Wildman–Crippen LogP) is 3.83. The summed E-state index contributed by atoms with van der Waals surface area (Å²) in [5, 5.41) is 17.4. The van der Waals surface area contributed by atoms with E-state index in [1.54, 1.807) is 62.4 Å². The highest BCUT2D eigenvalue weighted by Gasteiger charge is 2.29. The molecule has 0 saturated carbocycles. The van der Waals surface area contributed by atoms with Crippen LogP contribution < -0.4 is 16.0 Å². The Bertz CT molecular complexity index is 873. The molecule has 0 spiro atoms. The number of aliphatic carboxylic acids is 1. The molecule has 148 valence electrons. The number of carboxylic acids is 1. The van der Waals surface area contributed by atoms with E-state index in [2.05, 4.69) is 16.0 Å². The summed E-state index contributed by atoms with van der Waals surface area (Å²) in [5.41, 5.74) is 1.06. The zero-order valence-electron chi connectivity index (χ0n) is 16.4. The first-order valence-corrected chi connectivity index (χ1v) is 8.92. The maximum absolute atomic E-state index is 12.5. The molecule has 28 heavy (non-hydrogen) atoms. The van der Waals surface area contributed by atoms with Crippen LogP contribution in [0.1, 0.15) is 43.6 Å². The minimum absolute atomic E-state index is 0.000516. The second-order valence-electron chi connectivity index (χ2n) is 7.30. The number of nitrogens with one attached hydrogen (secondary N) is 3. The number of rotatable bonds is 6. The molecule has 0 aliphatic carbocycles. The number of benzene rings is 2. The van der Waals surface area contributed by atoms with Crippen LogP contribution in [0.25, 0.3) is 0 Å². The monoisotopic (exact) mass is 383 g/mol. The summed E-state index contributed by atoms with van der Waals surface area (Å²) < 4.78 is 0. The summed E-state index contributed by atoms with van der Waals surface area (Å²) >= 11 is 0. The Labute approximate surface area is 164 Å². The van der Waals surface area contributed by atoms with Crippen LogP contribution in [0.4, 0.5) is 16.2 Å². The minimum atomic E-state index is -1.01. The number of carbonyl (C=O) groups excluding carboxylic acids is 2. The standard InChI is InChI=1S/C21H25N3O4/c1-13(2)22-20(28)24-17-7-5-6-14(12-17)18(25)23-16-10-8-15(9-11-16)21(3,4)19(26)27/h5-13H,1-4H3,(H,23,25)(H,26,27)(H2,22,24,28). The SMILES string of the molecule is CC(C)NC(=O)Nc1cccc(C(=O)Nc2ccc(C(C)(C)C(=O)O)cc2)c1. The van der Waals surface area contributed by atoms with Crippen molar-refractivity contribution in [3.05, 3.63) is 59.7 Å². The van der Waals surface area contributed by atoms with E-state index < -0.39 is 11.4 Å². The Balaban J connectivity index is 2.08. The van der Waals surface area contributed by atoms with Crippen molar-refractivity contribution in [2.45, 2.75) is 39.2 Å². The van der Waals surface area contributed by atoms with Gasteiger partial charge in [-0.2, -0.15) is 0 Å². The van der Waals surface area contributed by atoms with E-state index in [0.29, 0.717) is 22.5 Å². The van der Waals surface area contributed by atoms with Crippen molar-refractivity contribution in [1.82, 2.24) is 5.32 Å². The lowest BCUT2D eigenvalue weighted by Crippen LogP contribution is -2.34. The van der Waals surface area contributed by atoms with Crippen LogP contribution in [0.3, 0.4) is 0 Å². The predicted molar refractivity (Wildman–Crippen MR) is 109 cm³/mol. The number of amides is 3. The van der Waals surface area contributed by atoms with Crippen LogP contribution in [0, 0.1) is 0 Å². The molecule has 0 atom stereocenters. The first kappa shape index (κ1) is 21.0. The molecule has 0 radical (unpaired) electrons. The molecule has 0 unspecified atom stereocenters. The summed E-state index contributed by atoms with van der Waals surface area (Å²) in [5.74, 6) is -1.26. The number of carbonyl (C=O) groups is 3. The van der Waals surface area contributed by atoms with Gasteiger partial charge in [0.2, 0.25) is 0 Å². The lowest BCUT2D eigenvalue weighted by molar-refractivity contribution is -0.142. The maximum atomic E-state index is 12.5. The fourth-order valence-corrected chi connectivity index (χ4v) is 2.46. The van der Waals surface area contributed by atoms with Crippen LogP contribution in [0.5, 0.6) is 0 Å². The van der Waals surface area contributed by atoms with E-state index in [1.165, 1.54) is 0 Å². The summed E-state index contributed by atoms with van der Waals surface area (Å²) in [6, 6.07) is 12.9. The van der Waals surface area contributed by atoms with E-state index in [1.807, 2.05) is 13.8 Å². The van der Waals surface area contributed by atoms with E-state index in [9.17, 15) is 19.5 Å². The third-order valence-electron chi connectivity index (χ3n) is 4.20. The molecular formula is C21H25N3O4. The van der Waals surface area contributed by atoms with E-state index in [-0.39, 0.29) is 18.0 Å². The fourth-order valence-electron chi connectivity index (χ4n) is 2.46. The molecule has 2 aromatic rings. The highest BCUT2D eigenvalue weighted by atomic mass is 16.4. The second-order valence-corrected chi connectivity index (χ2v) is 7.30. The summed E-state index contributed by atoms with van der Waals surface area (Å²) in [4.78, 5) is 35.6. The molecule has 7 nitrogen and oxygen atoms in total. The van der Waals surface area contributed by atoms with Gasteiger partial charge in [0, 0.05) is 23.0 Å². The fraction of sp³-hybridized carbons (Fsp3) is 0.286. The van der Waals surface area contributed by atoms with Crippen molar-refractivity contribution >= 4 is 29.3 Å². The van der Waals surface area contributed by atoms with Gasteiger partial charge < -0.3 is 21.1 Å². The lowest BCUT2D eigenvalue weighted by Gasteiger charge is -2.20. The molecule has 0 aliphatic rings. The van der Waals surface area contributed by atoms with Crippen molar-refractivity contribution in [2.24, 2.45) is 0 Å². The topological polar surface area (TPSA) is 108 Å². The summed E-state index contributed by atoms with van der Waals surface area (Å²) in [7, 11) is 0. The van der Waals surface area contributed by atoms with Crippen LogP contribution in [-0.4, -0.2) is 29.1 Å². The Morgan fingerprint density at radius 1 is 0.929 bits per heavy atom. The van der Waals surface area contributed by atoms with Gasteiger partial charge in [0.15, 0.2) is 0 Å². The molecule has 7 heteroatoms. The van der Waals surface area contributed by atoms with Gasteiger partial charge in [-0.15, -0.1) is 0 Å². The minimum Gasteiger partial charge on any atom is -0.481 e. The average molecular weight is 383 g/mol. The Morgan fingerprint density at radius 2 is 1.57 bits per heavy atom. The number of carboxylic acid groups (broad SMARTS) is 1. The molecule has 0 aromatic heterocycles. The van der Waals surface area contributed by atoms with Crippen molar-refractivity contribution in [2.75, 3.05) is 10.6 Å². The van der Waals surface area contributed by atoms with Gasteiger partial charge in [-0.1, -0.05) is 18.2 Å². The van der Waals surface area contributed by atoms with E-state index in [4.69, 9.17) is 0 Å². The molecule has 2 rings (SSSR count). The number of hydrogen-bond donors (Lipinski definition) is 4. The highest BCUT2D eigenvalue weighted by Crippen LogP contribution is 2.25. The van der Waals surface area contributed by atoms with Crippen molar-refractivity contribution in [3.63, 3.8) is 0 Å². The van der Waals surface area contributed by atoms with E-state index in [0.717, 1.165) is 0 Å². The van der Waals surface area contributed by atoms with Gasteiger partial charge in [0.25, 0.3) is 5.91 Å². The highest BCUT2D eigenvalue weighted by molar-refractivity contribution is 6.05. The normalized spacial score (nSPS) is 11.0. The molecule has 4 N–H and O–H groups in total.